The minimum atomic E-state index is -0.717. The third-order valence-electron chi connectivity index (χ3n) is 3.55. The van der Waals surface area contributed by atoms with Crippen molar-refractivity contribution >= 4 is 23.0 Å². The quantitative estimate of drug-likeness (QED) is 0.633. The number of pyridine rings is 1. The molecular weight excluding hydrogens is 290 g/mol. The van der Waals surface area contributed by atoms with Gasteiger partial charge in [-0.05, 0) is 23.8 Å². The highest BCUT2D eigenvalue weighted by Gasteiger charge is 2.07. The van der Waals surface area contributed by atoms with E-state index in [-0.39, 0.29) is 12.5 Å². The zero-order valence-electron chi connectivity index (χ0n) is 12.4. The number of carbonyl (C=O) groups excluding carboxylic acids is 1. The van der Waals surface area contributed by atoms with Crippen LogP contribution in [-0.4, -0.2) is 27.5 Å². The Labute approximate surface area is 133 Å². The number of carbonyl (C=O) groups is 1. The average Bonchev–Trinajstić information content (AvgIpc) is 3.02. The molecule has 0 saturated heterocycles. The van der Waals surface area contributed by atoms with Crippen molar-refractivity contribution in [2.45, 2.75) is 6.10 Å². The normalized spacial score (nSPS) is 12.6. The van der Waals surface area contributed by atoms with Crippen LogP contribution in [0.5, 0.6) is 0 Å². The van der Waals surface area contributed by atoms with Crippen LogP contribution < -0.4 is 5.32 Å². The van der Waals surface area contributed by atoms with Gasteiger partial charge in [-0.25, -0.2) is 4.98 Å². The van der Waals surface area contributed by atoms with Crippen molar-refractivity contribution < 1.29 is 9.90 Å². The molecule has 2 aromatic heterocycles. The molecule has 0 aliphatic rings. The minimum Gasteiger partial charge on any atom is -0.387 e. The molecule has 0 spiro atoms. The molecule has 116 valence electrons. The lowest BCUT2D eigenvalue weighted by molar-refractivity contribution is -0.116. The van der Waals surface area contributed by atoms with Crippen LogP contribution in [0.15, 0.2) is 60.9 Å². The number of hydrogen-bond donors (Lipinski definition) is 3. The standard InChI is InChI=1S/C18H17N3O2/c22-16(13-5-2-1-3-6-13)12-20-17(23)9-8-14-11-21-18-15(14)7-4-10-19-18/h1-11,16,22H,12H2,(H,19,21)(H,20,23)/b9-8+/t16-/m0/s1. The Kier molecular flexibility index (Phi) is 4.49. The molecule has 1 amide bonds. The maximum atomic E-state index is 11.9. The highest BCUT2D eigenvalue weighted by Crippen LogP contribution is 2.16. The Morgan fingerprint density at radius 2 is 2.09 bits per heavy atom. The van der Waals surface area contributed by atoms with Gasteiger partial charge in [0.05, 0.1) is 6.10 Å². The maximum absolute atomic E-state index is 11.9. The van der Waals surface area contributed by atoms with Crippen LogP contribution in [0.3, 0.4) is 0 Å². The zero-order chi connectivity index (χ0) is 16.1. The number of amides is 1. The first kappa shape index (κ1) is 15.0. The number of nitrogens with zero attached hydrogens (tertiary/aromatic N) is 1. The predicted octanol–water partition coefficient (Wildman–Crippen LogP) is 2.43. The van der Waals surface area contributed by atoms with Crippen molar-refractivity contribution in [1.82, 2.24) is 15.3 Å². The van der Waals surface area contributed by atoms with Gasteiger partial charge in [0.1, 0.15) is 5.65 Å². The lowest BCUT2D eigenvalue weighted by Gasteiger charge is -2.10. The summed E-state index contributed by atoms with van der Waals surface area (Å²) in [6, 6.07) is 13.0. The van der Waals surface area contributed by atoms with E-state index in [4.69, 9.17) is 0 Å². The van der Waals surface area contributed by atoms with E-state index in [1.165, 1.54) is 6.08 Å². The Morgan fingerprint density at radius 3 is 2.91 bits per heavy atom. The number of hydrogen-bond acceptors (Lipinski definition) is 3. The van der Waals surface area contributed by atoms with Crippen LogP contribution >= 0.6 is 0 Å². The molecule has 3 rings (SSSR count). The third kappa shape index (κ3) is 3.64. The van der Waals surface area contributed by atoms with E-state index in [2.05, 4.69) is 15.3 Å². The number of nitrogens with one attached hydrogen (secondary N) is 2. The maximum Gasteiger partial charge on any atom is 0.244 e. The van der Waals surface area contributed by atoms with Gasteiger partial charge in [0.2, 0.25) is 5.91 Å². The molecule has 0 aliphatic heterocycles. The molecule has 3 N–H and O–H groups in total. The molecule has 0 radical (unpaired) electrons. The monoisotopic (exact) mass is 307 g/mol. The molecule has 1 atom stereocenters. The van der Waals surface area contributed by atoms with E-state index >= 15 is 0 Å². The van der Waals surface area contributed by atoms with E-state index in [0.717, 1.165) is 22.2 Å². The molecule has 0 fully saturated rings. The first-order chi connectivity index (χ1) is 11.2. The highest BCUT2D eigenvalue weighted by molar-refractivity contribution is 5.95. The van der Waals surface area contributed by atoms with Gasteiger partial charge in [0.25, 0.3) is 0 Å². The number of aliphatic hydroxyl groups excluding tert-OH is 1. The molecule has 5 heteroatoms. The molecule has 0 bridgehead atoms. The molecule has 0 unspecified atom stereocenters. The molecule has 5 nitrogen and oxygen atoms in total. The van der Waals surface area contributed by atoms with Crippen molar-refractivity contribution in [2.75, 3.05) is 6.54 Å². The number of rotatable bonds is 5. The number of aromatic amines is 1. The van der Waals surface area contributed by atoms with Gasteiger partial charge in [-0.1, -0.05) is 30.3 Å². The lowest BCUT2D eigenvalue weighted by atomic mass is 10.1. The van der Waals surface area contributed by atoms with Gasteiger partial charge in [0, 0.05) is 36.0 Å². The Bertz CT molecular complexity index is 824. The van der Waals surface area contributed by atoms with Crippen LogP contribution in [-0.2, 0) is 4.79 Å². The van der Waals surface area contributed by atoms with Crippen LogP contribution in [0.2, 0.25) is 0 Å². The van der Waals surface area contributed by atoms with Crippen LogP contribution in [0, 0.1) is 0 Å². The molecule has 0 saturated carbocycles. The van der Waals surface area contributed by atoms with Gasteiger partial charge in [-0.15, -0.1) is 0 Å². The van der Waals surface area contributed by atoms with Gasteiger partial charge in [-0.3, -0.25) is 4.79 Å². The summed E-state index contributed by atoms with van der Waals surface area (Å²) in [5.41, 5.74) is 2.46. The second-order valence-electron chi connectivity index (χ2n) is 5.15. The Hall–Kier alpha value is -2.92. The Balaban J connectivity index is 1.59. The fraction of sp³-hybridized carbons (Fsp3) is 0.111. The molecule has 3 aromatic rings. The third-order valence-corrected chi connectivity index (χ3v) is 3.55. The summed E-state index contributed by atoms with van der Waals surface area (Å²) in [6.07, 6.45) is 5.98. The van der Waals surface area contributed by atoms with Crippen molar-refractivity contribution in [1.29, 1.82) is 0 Å². The number of fused-ring (bicyclic) bond motifs is 1. The second kappa shape index (κ2) is 6.89. The van der Waals surface area contributed by atoms with Crippen molar-refractivity contribution in [3.8, 4) is 0 Å². The summed E-state index contributed by atoms with van der Waals surface area (Å²) < 4.78 is 0. The summed E-state index contributed by atoms with van der Waals surface area (Å²) in [5.74, 6) is -0.252. The SMILES string of the molecule is O=C(/C=C/c1c[nH]c2ncccc12)NC[C@H](O)c1ccccc1. The fourth-order valence-corrected chi connectivity index (χ4v) is 2.33. The average molecular weight is 307 g/mol. The first-order valence-electron chi connectivity index (χ1n) is 7.35. The van der Waals surface area contributed by atoms with E-state index in [9.17, 15) is 9.90 Å². The summed E-state index contributed by atoms with van der Waals surface area (Å²) in [7, 11) is 0. The van der Waals surface area contributed by atoms with E-state index in [1.54, 1.807) is 18.5 Å². The summed E-state index contributed by atoms with van der Waals surface area (Å²) in [6.45, 7) is 0.169. The van der Waals surface area contributed by atoms with Gasteiger partial charge in [-0.2, -0.15) is 0 Å². The largest absolute Gasteiger partial charge is 0.387 e. The van der Waals surface area contributed by atoms with E-state index in [0.29, 0.717) is 0 Å². The molecule has 2 heterocycles. The van der Waals surface area contributed by atoms with E-state index in [1.807, 2.05) is 42.5 Å². The minimum absolute atomic E-state index is 0.169. The second-order valence-corrected chi connectivity index (χ2v) is 5.15. The number of aliphatic hydroxyl groups is 1. The first-order valence-corrected chi connectivity index (χ1v) is 7.35. The van der Waals surface area contributed by atoms with Gasteiger partial charge in [0.15, 0.2) is 0 Å². The number of benzene rings is 1. The van der Waals surface area contributed by atoms with Gasteiger partial charge >= 0.3 is 0 Å². The summed E-state index contributed by atoms with van der Waals surface area (Å²) in [5, 5.41) is 13.7. The molecule has 1 aromatic carbocycles. The van der Waals surface area contributed by atoms with E-state index < -0.39 is 6.10 Å². The topological polar surface area (TPSA) is 78.0 Å². The van der Waals surface area contributed by atoms with Crippen molar-refractivity contribution in [3.63, 3.8) is 0 Å². The van der Waals surface area contributed by atoms with Crippen LogP contribution in [0.4, 0.5) is 0 Å². The Morgan fingerprint density at radius 1 is 1.26 bits per heavy atom. The lowest BCUT2D eigenvalue weighted by Crippen LogP contribution is -2.26. The van der Waals surface area contributed by atoms with Crippen LogP contribution in [0.1, 0.15) is 17.2 Å². The zero-order valence-corrected chi connectivity index (χ0v) is 12.4. The smallest absolute Gasteiger partial charge is 0.244 e. The molecular formula is C18H17N3O2. The number of H-pyrrole nitrogens is 1. The number of aromatic nitrogens is 2. The van der Waals surface area contributed by atoms with Crippen molar-refractivity contribution in [2.24, 2.45) is 0 Å². The summed E-state index contributed by atoms with van der Waals surface area (Å²) in [4.78, 5) is 19.1. The predicted molar refractivity (Wildman–Crippen MR) is 89.5 cm³/mol. The summed E-state index contributed by atoms with van der Waals surface area (Å²) >= 11 is 0. The molecule has 23 heavy (non-hydrogen) atoms. The van der Waals surface area contributed by atoms with Gasteiger partial charge < -0.3 is 15.4 Å². The van der Waals surface area contributed by atoms with Crippen molar-refractivity contribution in [3.05, 3.63) is 72.1 Å². The molecule has 0 aliphatic carbocycles. The fourth-order valence-electron chi connectivity index (χ4n) is 2.33. The van der Waals surface area contributed by atoms with Crippen LogP contribution in [0.25, 0.3) is 17.1 Å². The highest BCUT2D eigenvalue weighted by atomic mass is 16.3.